The van der Waals surface area contributed by atoms with Crippen LogP contribution in [0.15, 0.2) is 24.3 Å². The van der Waals surface area contributed by atoms with E-state index in [2.05, 4.69) is 13.8 Å². The SMILES string of the molecule is COCCOc1ccccc1C(O)C1CC1(C)C. The van der Waals surface area contributed by atoms with Gasteiger partial charge >= 0.3 is 0 Å². The standard InChI is InChI=1S/C15H22O3/c1-15(2)10-12(15)14(16)11-6-4-5-7-13(11)18-9-8-17-3/h4-7,12,14,16H,8-10H2,1-3H3. The minimum absolute atomic E-state index is 0.249. The molecule has 0 amide bonds. The van der Waals surface area contributed by atoms with Crippen LogP contribution in [0.5, 0.6) is 5.75 Å². The number of rotatable bonds is 6. The number of aliphatic hydroxyl groups is 1. The minimum atomic E-state index is -0.432. The summed E-state index contributed by atoms with van der Waals surface area (Å²) in [4.78, 5) is 0. The Morgan fingerprint density at radius 1 is 1.33 bits per heavy atom. The van der Waals surface area contributed by atoms with Crippen LogP contribution in [0.4, 0.5) is 0 Å². The molecular formula is C15H22O3. The molecule has 1 aromatic rings. The topological polar surface area (TPSA) is 38.7 Å². The first-order chi connectivity index (χ1) is 8.56. The van der Waals surface area contributed by atoms with E-state index in [1.54, 1.807) is 7.11 Å². The van der Waals surface area contributed by atoms with E-state index >= 15 is 0 Å². The van der Waals surface area contributed by atoms with Crippen molar-refractivity contribution in [3.05, 3.63) is 29.8 Å². The molecule has 1 aromatic carbocycles. The molecule has 0 aliphatic heterocycles. The fraction of sp³-hybridized carbons (Fsp3) is 0.600. The maximum absolute atomic E-state index is 10.4. The van der Waals surface area contributed by atoms with E-state index < -0.39 is 6.10 Å². The van der Waals surface area contributed by atoms with Gasteiger partial charge in [-0.25, -0.2) is 0 Å². The summed E-state index contributed by atoms with van der Waals surface area (Å²) in [5.74, 6) is 1.11. The average Bonchev–Trinajstić information content (AvgIpc) is 2.99. The van der Waals surface area contributed by atoms with Gasteiger partial charge in [-0.1, -0.05) is 32.0 Å². The number of aliphatic hydroxyl groups excluding tert-OH is 1. The van der Waals surface area contributed by atoms with Crippen molar-refractivity contribution in [3.63, 3.8) is 0 Å². The smallest absolute Gasteiger partial charge is 0.125 e. The van der Waals surface area contributed by atoms with E-state index in [4.69, 9.17) is 9.47 Å². The van der Waals surface area contributed by atoms with Gasteiger partial charge in [-0.2, -0.15) is 0 Å². The molecule has 3 nitrogen and oxygen atoms in total. The highest BCUT2D eigenvalue weighted by Gasteiger charge is 2.50. The molecule has 1 N–H and O–H groups in total. The normalized spacial score (nSPS) is 22.6. The monoisotopic (exact) mass is 250 g/mol. The zero-order valence-corrected chi connectivity index (χ0v) is 11.3. The van der Waals surface area contributed by atoms with Gasteiger partial charge in [-0.3, -0.25) is 0 Å². The Kier molecular flexibility index (Phi) is 3.93. The molecular weight excluding hydrogens is 228 g/mol. The van der Waals surface area contributed by atoms with Gasteiger partial charge in [-0.15, -0.1) is 0 Å². The molecule has 0 saturated heterocycles. The summed E-state index contributed by atoms with van der Waals surface area (Å²) in [6.45, 7) is 5.44. The van der Waals surface area contributed by atoms with Crippen molar-refractivity contribution in [1.29, 1.82) is 0 Å². The van der Waals surface area contributed by atoms with E-state index in [0.717, 1.165) is 17.7 Å². The maximum atomic E-state index is 10.4. The molecule has 0 radical (unpaired) electrons. The Morgan fingerprint density at radius 2 is 2.00 bits per heavy atom. The lowest BCUT2D eigenvalue weighted by Crippen LogP contribution is -2.10. The second-order valence-corrected chi connectivity index (χ2v) is 5.62. The number of para-hydroxylation sites is 1. The number of hydrogen-bond donors (Lipinski definition) is 1. The third-order valence-electron chi connectivity index (χ3n) is 3.75. The summed E-state index contributed by atoms with van der Waals surface area (Å²) in [6, 6.07) is 7.72. The number of benzene rings is 1. The second-order valence-electron chi connectivity index (χ2n) is 5.62. The van der Waals surface area contributed by atoms with E-state index in [-0.39, 0.29) is 5.41 Å². The minimum Gasteiger partial charge on any atom is -0.491 e. The van der Waals surface area contributed by atoms with Crippen molar-refractivity contribution in [2.45, 2.75) is 26.4 Å². The van der Waals surface area contributed by atoms with E-state index in [1.807, 2.05) is 24.3 Å². The molecule has 1 aliphatic rings. The first kappa shape index (κ1) is 13.4. The van der Waals surface area contributed by atoms with Gasteiger partial charge in [0.1, 0.15) is 12.4 Å². The lowest BCUT2D eigenvalue weighted by atomic mass is 9.99. The van der Waals surface area contributed by atoms with Crippen molar-refractivity contribution < 1.29 is 14.6 Å². The van der Waals surface area contributed by atoms with Crippen LogP contribution >= 0.6 is 0 Å². The fourth-order valence-electron chi connectivity index (χ4n) is 2.35. The predicted octanol–water partition coefficient (Wildman–Crippen LogP) is 2.79. The van der Waals surface area contributed by atoms with Crippen LogP contribution in [0.25, 0.3) is 0 Å². The van der Waals surface area contributed by atoms with Crippen LogP contribution in [0, 0.1) is 11.3 Å². The molecule has 0 spiro atoms. The summed E-state index contributed by atoms with van der Waals surface area (Å²) in [7, 11) is 1.65. The van der Waals surface area contributed by atoms with Crippen LogP contribution in [0.3, 0.4) is 0 Å². The molecule has 2 atom stereocenters. The lowest BCUT2D eigenvalue weighted by Gasteiger charge is -2.17. The molecule has 0 heterocycles. The molecule has 2 rings (SSSR count). The molecule has 0 aromatic heterocycles. The van der Waals surface area contributed by atoms with Crippen molar-refractivity contribution in [3.8, 4) is 5.75 Å². The van der Waals surface area contributed by atoms with Gasteiger partial charge in [0, 0.05) is 12.7 Å². The molecule has 1 fully saturated rings. The first-order valence-electron chi connectivity index (χ1n) is 6.45. The Morgan fingerprint density at radius 3 is 2.61 bits per heavy atom. The number of methoxy groups -OCH3 is 1. The Hall–Kier alpha value is -1.06. The summed E-state index contributed by atoms with van der Waals surface area (Å²) in [5.41, 5.74) is 1.14. The Labute approximate surface area is 109 Å². The Balaban J connectivity index is 2.07. The largest absolute Gasteiger partial charge is 0.491 e. The van der Waals surface area contributed by atoms with E-state index in [0.29, 0.717) is 19.1 Å². The number of hydrogen-bond acceptors (Lipinski definition) is 3. The van der Waals surface area contributed by atoms with Crippen molar-refractivity contribution in [2.24, 2.45) is 11.3 Å². The van der Waals surface area contributed by atoms with Gasteiger partial charge in [0.05, 0.1) is 12.7 Å². The van der Waals surface area contributed by atoms with Crippen LogP contribution < -0.4 is 4.74 Å². The van der Waals surface area contributed by atoms with Crippen LogP contribution in [-0.4, -0.2) is 25.4 Å². The van der Waals surface area contributed by atoms with E-state index in [9.17, 15) is 5.11 Å². The van der Waals surface area contributed by atoms with Gasteiger partial charge < -0.3 is 14.6 Å². The Bertz CT molecular complexity index is 400. The molecule has 100 valence electrons. The van der Waals surface area contributed by atoms with Crippen molar-refractivity contribution in [2.75, 3.05) is 20.3 Å². The molecule has 0 bridgehead atoms. The highest BCUT2D eigenvalue weighted by Crippen LogP contribution is 2.58. The van der Waals surface area contributed by atoms with Gasteiger partial charge in [0.15, 0.2) is 0 Å². The van der Waals surface area contributed by atoms with Crippen LogP contribution in [0.2, 0.25) is 0 Å². The highest BCUT2D eigenvalue weighted by molar-refractivity contribution is 5.36. The fourth-order valence-corrected chi connectivity index (χ4v) is 2.35. The highest BCUT2D eigenvalue weighted by atomic mass is 16.5. The van der Waals surface area contributed by atoms with Crippen LogP contribution in [-0.2, 0) is 4.74 Å². The van der Waals surface area contributed by atoms with Crippen molar-refractivity contribution >= 4 is 0 Å². The molecule has 2 unspecified atom stereocenters. The average molecular weight is 250 g/mol. The van der Waals surface area contributed by atoms with Crippen LogP contribution in [0.1, 0.15) is 31.9 Å². The summed E-state index contributed by atoms with van der Waals surface area (Å²) in [6.07, 6.45) is 0.638. The summed E-state index contributed by atoms with van der Waals surface area (Å²) >= 11 is 0. The maximum Gasteiger partial charge on any atom is 0.125 e. The van der Waals surface area contributed by atoms with Gasteiger partial charge in [-0.05, 0) is 23.8 Å². The third-order valence-corrected chi connectivity index (χ3v) is 3.75. The van der Waals surface area contributed by atoms with Gasteiger partial charge in [0.2, 0.25) is 0 Å². The quantitative estimate of drug-likeness (QED) is 0.789. The lowest BCUT2D eigenvalue weighted by molar-refractivity contribution is 0.124. The van der Waals surface area contributed by atoms with Crippen molar-refractivity contribution in [1.82, 2.24) is 0 Å². The third kappa shape index (κ3) is 2.85. The summed E-state index contributed by atoms with van der Waals surface area (Å²) in [5, 5.41) is 10.4. The molecule has 1 aliphatic carbocycles. The zero-order chi connectivity index (χ0) is 13.2. The van der Waals surface area contributed by atoms with E-state index in [1.165, 1.54) is 0 Å². The molecule has 3 heteroatoms. The molecule has 1 saturated carbocycles. The second kappa shape index (κ2) is 5.29. The predicted molar refractivity (Wildman–Crippen MR) is 70.7 cm³/mol. The van der Waals surface area contributed by atoms with Gasteiger partial charge in [0.25, 0.3) is 0 Å². The molecule has 18 heavy (non-hydrogen) atoms. The number of ether oxygens (including phenoxy) is 2. The summed E-state index contributed by atoms with van der Waals surface area (Å²) < 4.78 is 10.6. The first-order valence-corrected chi connectivity index (χ1v) is 6.45. The zero-order valence-electron chi connectivity index (χ0n) is 11.3.